The molecule has 0 aliphatic heterocycles. The van der Waals surface area contributed by atoms with Crippen molar-refractivity contribution in [2.75, 3.05) is 0 Å². The van der Waals surface area contributed by atoms with Crippen LogP contribution >= 0.6 is 23.5 Å². The van der Waals surface area contributed by atoms with Crippen molar-refractivity contribution >= 4 is 23.5 Å². The Balaban J connectivity index is 2.14. The van der Waals surface area contributed by atoms with Gasteiger partial charge in [0.15, 0.2) is 0 Å². The quantitative estimate of drug-likeness (QED) is 0.120. The topological polar surface area (TPSA) is 0 Å². The van der Waals surface area contributed by atoms with Gasteiger partial charge in [-0.25, -0.2) is 0 Å². The Labute approximate surface area is 210 Å². The van der Waals surface area contributed by atoms with Crippen LogP contribution in [0.4, 0.5) is 0 Å². The molecule has 2 atom stereocenters. The number of unbranched alkanes of at least 4 members (excludes halogenated alkanes) is 14. The van der Waals surface area contributed by atoms with Crippen LogP contribution in [0.25, 0.3) is 0 Å². The highest BCUT2D eigenvalue weighted by molar-refractivity contribution is 8.00. The van der Waals surface area contributed by atoms with Gasteiger partial charge in [-0.1, -0.05) is 136 Å². The fraction of sp³-hybridized carbons (Fsp3) is 0.800. The lowest BCUT2D eigenvalue weighted by Gasteiger charge is -2.14. The molecule has 0 heterocycles. The van der Waals surface area contributed by atoms with E-state index >= 15 is 0 Å². The van der Waals surface area contributed by atoms with E-state index in [4.69, 9.17) is 0 Å². The van der Waals surface area contributed by atoms with Crippen LogP contribution in [0.5, 0.6) is 0 Å². The zero-order valence-corrected chi connectivity index (χ0v) is 23.6. The van der Waals surface area contributed by atoms with Crippen LogP contribution in [0, 0.1) is 0 Å². The van der Waals surface area contributed by atoms with E-state index < -0.39 is 0 Å². The molecule has 0 aromatic heterocycles. The molecule has 2 heteroatoms. The highest BCUT2D eigenvalue weighted by atomic mass is 32.2. The van der Waals surface area contributed by atoms with Gasteiger partial charge in [-0.15, -0.1) is 23.5 Å². The van der Waals surface area contributed by atoms with Gasteiger partial charge in [0.1, 0.15) is 0 Å². The van der Waals surface area contributed by atoms with Crippen LogP contribution in [0.15, 0.2) is 34.1 Å². The lowest BCUT2D eigenvalue weighted by atomic mass is 10.1. The third-order valence-electron chi connectivity index (χ3n) is 6.41. The molecule has 1 aromatic carbocycles. The van der Waals surface area contributed by atoms with Crippen molar-refractivity contribution in [2.45, 2.75) is 164 Å². The minimum atomic E-state index is 0.727. The second-order valence-corrected chi connectivity index (χ2v) is 12.9. The molecule has 0 saturated heterocycles. The molecule has 0 aliphatic carbocycles. The van der Waals surface area contributed by atoms with Crippen molar-refractivity contribution in [3.63, 3.8) is 0 Å². The van der Waals surface area contributed by atoms with Crippen molar-refractivity contribution in [1.82, 2.24) is 0 Å². The Morgan fingerprint density at radius 2 is 0.875 bits per heavy atom. The van der Waals surface area contributed by atoms with Gasteiger partial charge in [0, 0.05) is 20.3 Å². The van der Waals surface area contributed by atoms with Gasteiger partial charge in [0.05, 0.1) is 0 Å². The van der Waals surface area contributed by atoms with Gasteiger partial charge in [-0.2, -0.15) is 0 Å². The summed E-state index contributed by atoms with van der Waals surface area (Å²) < 4.78 is 0. The minimum Gasteiger partial charge on any atom is -0.123 e. The number of hydrogen-bond donors (Lipinski definition) is 0. The van der Waals surface area contributed by atoms with Crippen molar-refractivity contribution in [3.05, 3.63) is 24.3 Å². The van der Waals surface area contributed by atoms with Crippen molar-refractivity contribution in [3.8, 4) is 0 Å². The molecular weight excluding hydrogens is 424 g/mol. The van der Waals surface area contributed by atoms with E-state index in [0.29, 0.717) is 0 Å². The molecule has 0 radical (unpaired) electrons. The third-order valence-corrected chi connectivity index (χ3v) is 8.74. The first kappa shape index (κ1) is 30.0. The molecule has 0 bridgehead atoms. The molecule has 1 aromatic rings. The Kier molecular flexibility index (Phi) is 20.1. The summed E-state index contributed by atoms with van der Waals surface area (Å²) in [5, 5.41) is 1.45. The Bertz CT molecular complexity index is 484. The first-order valence-electron chi connectivity index (χ1n) is 14.1. The minimum absolute atomic E-state index is 0.727. The maximum atomic E-state index is 2.43. The third kappa shape index (κ3) is 17.4. The molecular formula is C30H54S2. The average Bonchev–Trinajstić information content (AvgIpc) is 2.77. The Morgan fingerprint density at radius 1 is 0.531 bits per heavy atom. The standard InChI is InChI=1S/C30H54S2/c1-5-7-9-11-13-15-17-19-22-27(3)31-29-24-21-25-30(26-29)32-28(4)23-20-18-16-14-12-10-8-6-2/h21,24-28H,5-20,22-23H2,1-4H3. The summed E-state index contributed by atoms with van der Waals surface area (Å²) >= 11 is 4.16. The molecule has 0 spiro atoms. The van der Waals surface area contributed by atoms with E-state index in [2.05, 4.69) is 75.5 Å². The maximum absolute atomic E-state index is 2.43. The lowest BCUT2D eigenvalue weighted by Crippen LogP contribution is -1.97. The summed E-state index contributed by atoms with van der Waals surface area (Å²) in [4.78, 5) is 2.92. The van der Waals surface area contributed by atoms with Crippen LogP contribution < -0.4 is 0 Å². The molecule has 0 amide bonds. The van der Waals surface area contributed by atoms with E-state index in [1.807, 2.05) is 0 Å². The average molecular weight is 479 g/mol. The van der Waals surface area contributed by atoms with Gasteiger partial charge < -0.3 is 0 Å². The SMILES string of the molecule is CCCCCCCCCCC(C)Sc1cccc(SC(C)CCCCCCCCCC)c1. The van der Waals surface area contributed by atoms with Gasteiger partial charge >= 0.3 is 0 Å². The number of benzene rings is 1. The van der Waals surface area contributed by atoms with Gasteiger partial charge in [0.25, 0.3) is 0 Å². The second kappa shape index (κ2) is 21.5. The highest BCUT2D eigenvalue weighted by Gasteiger charge is 2.08. The zero-order chi connectivity index (χ0) is 23.3. The smallest absolute Gasteiger partial charge is 0.00858 e. The van der Waals surface area contributed by atoms with Crippen LogP contribution in [0.2, 0.25) is 0 Å². The summed E-state index contributed by atoms with van der Waals surface area (Å²) in [6.07, 6.45) is 25.4. The van der Waals surface area contributed by atoms with E-state index in [1.54, 1.807) is 0 Å². The molecule has 0 aliphatic rings. The predicted molar refractivity (Wildman–Crippen MR) is 152 cm³/mol. The van der Waals surface area contributed by atoms with Crippen molar-refractivity contribution < 1.29 is 0 Å². The number of thioether (sulfide) groups is 2. The Hall–Kier alpha value is -0.0800. The van der Waals surface area contributed by atoms with Crippen molar-refractivity contribution in [2.24, 2.45) is 0 Å². The van der Waals surface area contributed by atoms with Gasteiger partial charge in [-0.3, -0.25) is 0 Å². The molecule has 0 nitrogen and oxygen atoms in total. The summed E-state index contributed by atoms with van der Waals surface area (Å²) in [6.45, 7) is 9.42. The van der Waals surface area contributed by atoms with E-state index in [9.17, 15) is 0 Å². The lowest BCUT2D eigenvalue weighted by molar-refractivity contribution is 0.564. The molecule has 0 saturated carbocycles. The number of hydrogen-bond acceptors (Lipinski definition) is 2. The first-order chi connectivity index (χ1) is 15.7. The molecule has 32 heavy (non-hydrogen) atoms. The fourth-order valence-electron chi connectivity index (χ4n) is 4.33. The summed E-state index contributed by atoms with van der Waals surface area (Å²) in [5.74, 6) is 0. The van der Waals surface area contributed by atoms with Crippen LogP contribution in [0.3, 0.4) is 0 Å². The Morgan fingerprint density at radius 3 is 1.25 bits per heavy atom. The first-order valence-corrected chi connectivity index (χ1v) is 15.8. The van der Waals surface area contributed by atoms with Crippen LogP contribution in [0.1, 0.15) is 143 Å². The van der Waals surface area contributed by atoms with Crippen LogP contribution in [-0.4, -0.2) is 10.5 Å². The summed E-state index contributed by atoms with van der Waals surface area (Å²) in [5.41, 5.74) is 0. The van der Waals surface area contributed by atoms with Crippen LogP contribution in [-0.2, 0) is 0 Å². The molecule has 0 N–H and O–H groups in total. The normalized spacial score (nSPS) is 13.4. The predicted octanol–water partition coefficient (Wildman–Crippen LogP) is 11.7. The van der Waals surface area contributed by atoms with Crippen molar-refractivity contribution in [1.29, 1.82) is 0 Å². The highest BCUT2D eigenvalue weighted by Crippen LogP contribution is 2.32. The molecule has 1 rings (SSSR count). The van der Waals surface area contributed by atoms with E-state index in [0.717, 1.165) is 10.5 Å². The van der Waals surface area contributed by atoms with Gasteiger partial charge in [-0.05, 0) is 31.0 Å². The summed E-state index contributed by atoms with van der Waals surface area (Å²) in [7, 11) is 0. The zero-order valence-electron chi connectivity index (χ0n) is 22.0. The van der Waals surface area contributed by atoms with E-state index in [-0.39, 0.29) is 0 Å². The fourth-order valence-corrected chi connectivity index (χ4v) is 6.61. The number of rotatable bonds is 22. The second-order valence-electron chi connectivity index (χ2n) is 9.86. The van der Waals surface area contributed by atoms with Gasteiger partial charge in [0.2, 0.25) is 0 Å². The largest absolute Gasteiger partial charge is 0.123 e. The monoisotopic (exact) mass is 478 g/mol. The molecule has 186 valence electrons. The maximum Gasteiger partial charge on any atom is 0.00858 e. The molecule has 2 unspecified atom stereocenters. The molecule has 0 fully saturated rings. The summed E-state index contributed by atoms with van der Waals surface area (Å²) in [6, 6.07) is 9.31. The van der Waals surface area contributed by atoms with E-state index in [1.165, 1.54) is 125 Å².